The lowest BCUT2D eigenvalue weighted by Gasteiger charge is -2.11. The molecule has 3 heteroatoms. The highest BCUT2D eigenvalue weighted by Crippen LogP contribution is 2.34. The monoisotopic (exact) mass is 278 g/mol. The molecule has 0 saturated heterocycles. The van der Waals surface area contributed by atoms with Gasteiger partial charge < -0.3 is 4.74 Å². The Morgan fingerprint density at radius 3 is 2.88 bits per heavy atom. The van der Waals surface area contributed by atoms with Gasteiger partial charge in [-0.15, -0.1) is 6.42 Å². The molecular formula is C13H11BrO2. The standard InChI is InChI=1S/C13H11BrO2/c1-2-12(9-6-7-9)16-13(15)10-4-3-5-11(14)8-10/h1,3-5,8-9,12H,6-7H2. The van der Waals surface area contributed by atoms with Crippen molar-refractivity contribution in [2.75, 3.05) is 0 Å². The maximum absolute atomic E-state index is 11.8. The number of carbonyl (C=O) groups excluding carboxylic acids is 1. The van der Waals surface area contributed by atoms with E-state index in [0.29, 0.717) is 11.5 Å². The molecule has 0 spiro atoms. The molecule has 16 heavy (non-hydrogen) atoms. The van der Waals surface area contributed by atoms with Gasteiger partial charge >= 0.3 is 5.97 Å². The molecule has 0 aromatic heterocycles. The van der Waals surface area contributed by atoms with Gasteiger partial charge in [0.05, 0.1) is 5.56 Å². The van der Waals surface area contributed by atoms with Gasteiger partial charge in [0.25, 0.3) is 0 Å². The molecule has 2 nitrogen and oxygen atoms in total. The van der Waals surface area contributed by atoms with Gasteiger partial charge in [0.15, 0.2) is 6.10 Å². The summed E-state index contributed by atoms with van der Waals surface area (Å²) < 4.78 is 6.12. The molecule has 1 unspecified atom stereocenters. The van der Waals surface area contributed by atoms with E-state index >= 15 is 0 Å². The zero-order chi connectivity index (χ0) is 11.5. The Bertz CT molecular complexity index is 443. The van der Waals surface area contributed by atoms with E-state index in [-0.39, 0.29) is 12.1 Å². The van der Waals surface area contributed by atoms with E-state index in [1.807, 2.05) is 6.07 Å². The van der Waals surface area contributed by atoms with Crippen molar-refractivity contribution in [3.8, 4) is 12.3 Å². The Labute approximate surface area is 103 Å². The Hall–Kier alpha value is -1.27. The second-order valence-corrected chi connectivity index (χ2v) is 4.76. The lowest BCUT2D eigenvalue weighted by Crippen LogP contribution is -2.18. The first-order valence-electron chi connectivity index (χ1n) is 5.13. The molecule has 0 heterocycles. The van der Waals surface area contributed by atoms with Crippen LogP contribution in [0.25, 0.3) is 0 Å². The van der Waals surface area contributed by atoms with E-state index in [1.165, 1.54) is 0 Å². The molecule has 0 N–H and O–H groups in total. The summed E-state index contributed by atoms with van der Waals surface area (Å²) >= 11 is 3.31. The molecule has 1 saturated carbocycles. The van der Waals surface area contributed by atoms with E-state index in [2.05, 4.69) is 21.9 Å². The Balaban J connectivity index is 2.05. The van der Waals surface area contributed by atoms with E-state index in [4.69, 9.17) is 11.2 Å². The number of rotatable bonds is 3. The van der Waals surface area contributed by atoms with Crippen LogP contribution in [-0.4, -0.2) is 12.1 Å². The molecule has 1 aromatic carbocycles. The second-order valence-electron chi connectivity index (χ2n) is 3.84. The van der Waals surface area contributed by atoms with Crippen molar-refractivity contribution in [1.29, 1.82) is 0 Å². The highest BCUT2D eigenvalue weighted by Gasteiger charge is 2.32. The van der Waals surface area contributed by atoms with E-state index < -0.39 is 0 Å². The fourth-order valence-corrected chi connectivity index (χ4v) is 1.86. The highest BCUT2D eigenvalue weighted by atomic mass is 79.9. The molecule has 1 aromatic rings. The normalized spacial score (nSPS) is 16.2. The van der Waals surface area contributed by atoms with Crippen molar-refractivity contribution < 1.29 is 9.53 Å². The molecule has 0 aliphatic heterocycles. The predicted octanol–water partition coefficient (Wildman–Crippen LogP) is 3.02. The van der Waals surface area contributed by atoms with Crippen molar-refractivity contribution >= 4 is 21.9 Å². The van der Waals surface area contributed by atoms with Crippen LogP contribution in [0.1, 0.15) is 23.2 Å². The zero-order valence-electron chi connectivity index (χ0n) is 8.65. The second kappa shape index (κ2) is 4.71. The summed E-state index contributed by atoms with van der Waals surface area (Å²) in [5, 5.41) is 0. The van der Waals surface area contributed by atoms with E-state index in [0.717, 1.165) is 17.3 Å². The summed E-state index contributed by atoms with van der Waals surface area (Å²) in [6.07, 6.45) is 7.08. The Morgan fingerprint density at radius 2 is 2.31 bits per heavy atom. The predicted molar refractivity (Wildman–Crippen MR) is 64.9 cm³/mol. The van der Waals surface area contributed by atoms with Gasteiger partial charge in [0, 0.05) is 10.4 Å². The van der Waals surface area contributed by atoms with Crippen LogP contribution in [0.3, 0.4) is 0 Å². The van der Waals surface area contributed by atoms with Gasteiger partial charge in [-0.05, 0) is 31.0 Å². The third kappa shape index (κ3) is 2.65. The summed E-state index contributed by atoms with van der Waals surface area (Å²) in [4.78, 5) is 11.8. The summed E-state index contributed by atoms with van der Waals surface area (Å²) in [5.41, 5.74) is 0.523. The lowest BCUT2D eigenvalue weighted by molar-refractivity contribution is 0.0374. The van der Waals surface area contributed by atoms with Gasteiger partial charge in [0.2, 0.25) is 0 Å². The molecule has 1 aliphatic carbocycles. The van der Waals surface area contributed by atoms with Crippen LogP contribution < -0.4 is 0 Å². The molecule has 1 aliphatic rings. The van der Waals surface area contributed by atoms with Crippen LogP contribution >= 0.6 is 15.9 Å². The maximum atomic E-state index is 11.8. The fourth-order valence-electron chi connectivity index (χ4n) is 1.46. The number of carbonyl (C=O) groups is 1. The third-order valence-corrected chi connectivity index (χ3v) is 3.00. The van der Waals surface area contributed by atoms with Crippen LogP contribution in [0.4, 0.5) is 0 Å². The van der Waals surface area contributed by atoms with E-state index in [1.54, 1.807) is 18.2 Å². The number of hydrogen-bond donors (Lipinski definition) is 0. The summed E-state index contributed by atoms with van der Waals surface area (Å²) in [6, 6.07) is 7.09. The molecule has 0 bridgehead atoms. The molecule has 1 atom stereocenters. The first kappa shape index (κ1) is 11.2. The van der Waals surface area contributed by atoms with Gasteiger partial charge in [0.1, 0.15) is 0 Å². The van der Waals surface area contributed by atoms with Crippen LogP contribution in [0.2, 0.25) is 0 Å². The van der Waals surface area contributed by atoms with Crippen molar-refractivity contribution in [3.05, 3.63) is 34.3 Å². The number of esters is 1. The first-order valence-corrected chi connectivity index (χ1v) is 5.92. The lowest BCUT2D eigenvalue weighted by atomic mass is 10.2. The molecule has 0 amide bonds. The van der Waals surface area contributed by atoms with Crippen LogP contribution in [0.5, 0.6) is 0 Å². The summed E-state index contributed by atoms with van der Waals surface area (Å²) in [6.45, 7) is 0. The Morgan fingerprint density at radius 1 is 1.56 bits per heavy atom. The quantitative estimate of drug-likeness (QED) is 0.628. The molecular weight excluding hydrogens is 268 g/mol. The van der Waals surface area contributed by atoms with Crippen LogP contribution in [0, 0.1) is 18.3 Å². The molecule has 2 rings (SSSR count). The highest BCUT2D eigenvalue weighted by molar-refractivity contribution is 9.10. The number of benzene rings is 1. The first-order chi connectivity index (χ1) is 7.70. The van der Waals surface area contributed by atoms with Gasteiger partial charge in [-0.3, -0.25) is 0 Å². The number of halogens is 1. The maximum Gasteiger partial charge on any atom is 0.339 e. The third-order valence-electron chi connectivity index (χ3n) is 2.51. The topological polar surface area (TPSA) is 26.3 Å². The van der Waals surface area contributed by atoms with Gasteiger partial charge in [-0.2, -0.15) is 0 Å². The van der Waals surface area contributed by atoms with Crippen LogP contribution in [-0.2, 0) is 4.74 Å². The zero-order valence-corrected chi connectivity index (χ0v) is 10.2. The van der Waals surface area contributed by atoms with Gasteiger partial charge in [-0.25, -0.2) is 4.79 Å². The van der Waals surface area contributed by atoms with Crippen molar-refractivity contribution in [2.24, 2.45) is 5.92 Å². The number of ether oxygens (including phenoxy) is 1. The van der Waals surface area contributed by atoms with Gasteiger partial charge in [-0.1, -0.05) is 27.9 Å². The summed E-state index contributed by atoms with van der Waals surface area (Å²) in [5.74, 6) is 2.54. The van der Waals surface area contributed by atoms with Crippen molar-refractivity contribution in [1.82, 2.24) is 0 Å². The SMILES string of the molecule is C#CC(OC(=O)c1cccc(Br)c1)C1CC1. The van der Waals surface area contributed by atoms with E-state index in [9.17, 15) is 4.79 Å². The minimum absolute atomic E-state index is 0.351. The average molecular weight is 279 g/mol. The minimum Gasteiger partial charge on any atom is -0.445 e. The fraction of sp³-hybridized carbons (Fsp3) is 0.308. The molecule has 0 radical (unpaired) electrons. The Kier molecular flexibility index (Phi) is 3.31. The van der Waals surface area contributed by atoms with Crippen molar-refractivity contribution in [3.63, 3.8) is 0 Å². The number of terminal acetylenes is 1. The molecule has 1 fully saturated rings. The largest absolute Gasteiger partial charge is 0.445 e. The van der Waals surface area contributed by atoms with Crippen LogP contribution in [0.15, 0.2) is 28.7 Å². The average Bonchev–Trinajstić information content (AvgIpc) is 3.09. The summed E-state index contributed by atoms with van der Waals surface area (Å²) in [7, 11) is 0. The van der Waals surface area contributed by atoms with Crippen molar-refractivity contribution in [2.45, 2.75) is 18.9 Å². The minimum atomic E-state index is -0.369. The number of hydrogen-bond acceptors (Lipinski definition) is 2. The smallest absolute Gasteiger partial charge is 0.339 e. The molecule has 82 valence electrons.